The van der Waals surface area contributed by atoms with Crippen LogP contribution in [0.15, 0.2) is 48.8 Å². The number of anilines is 1. The number of hydrogen-bond donors (Lipinski definition) is 2. The van der Waals surface area contributed by atoms with Crippen LogP contribution in [0.25, 0.3) is 10.9 Å². The third-order valence-corrected chi connectivity index (χ3v) is 4.37. The highest BCUT2D eigenvalue weighted by Crippen LogP contribution is 2.25. The standard InChI is InChI=1S/C23H30N2O5/c1-5-7-8-16(3)30-15-28-12-11-22(26)24-19-9-10-20-18(13-19)14-21(25-20)17(4)23(27)29-6-2/h7-10,13-14,17,25H,3,5-6,11-12,15H2,1-2,4H3,(H,24,26)/b8-7-. The molecule has 0 aliphatic heterocycles. The van der Waals surface area contributed by atoms with Crippen molar-refractivity contribution in [3.05, 3.63) is 54.4 Å². The fraction of sp³-hybridized carbons (Fsp3) is 0.391. The molecule has 0 saturated carbocycles. The van der Waals surface area contributed by atoms with Crippen molar-refractivity contribution < 1.29 is 23.8 Å². The molecule has 2 rings (SSSR count). The minimum absolute atomic E-state index is 0.0525. The highest BCUT2D eigenvalue weighted by molar-refractivity contribution is 5.94. The van der Waals surface area contributed by atoms with E-state index in [1.165, 1.54) is 0 Å². The molecule has 0 fully saturated rings. The van der Waals surface area contributed by atoms with E-state index in [0.717, 1.165) is 23.0 Å². The Morgan fingerprint density at radius 3 is 2.77 bits per heavy atom. The molecule has 162 valence electrons. The van der Waals surface area contributed by atoms with E-state index in [2.05, 4.69) is 16.9 Å². The zero-order valence-electron chi connectivity index (χ0n) is 17.8. The molecule has 1 aromatic carbocycles. The van der Waals surface area contributed by atoms with Crippen LogP contribution in [-0.4, -0.2) is 36.9 Å². The molecular weight excluding hydrogens is 384 g/mol. The first kappa shape index (κ1) is 23.2. The highest BCUT2D eigenvalue weighted by atomic mass is 16.7. The molecular formula is C23H30N2O5. The van der Waals surface area contributed by atoms with Crippen molar-refractivity contribution in [2.45, 2.75) is 39.5 Å². The predicted molar refractivity (Wildman–Crippen MR) is 117 cm³/mol. The van der Waals surface area contributed by atoms with Gasteiger partial charge in [-0.25, -0.2) is 0 Å². The topological polar surface area (TPSA) is 89.7 Å². The normalized spacial score (nSPS) is 12.1. The Morgan fingerprint density at radius 1 is 1.23 bits per heavy atom. The summed E-state index contributed by atoms with van der Waals surface area (Å²) in [7, 11) is 0. The Labute approximate surface area is 177 Å². The number of amides is 1. The van der Waals surface area contributed by atoms with Crippen molar-refractivity contribution in [3.63, 3.8) is 0 Å². The minimum atomic E-state index is -0.386. The summed E-state index contributed by atoms with van der Waals surface area (Å²) < 4.78 is 15.7. The Hall–Kier alpha value is -3.06. The number of benzene rings is 1. The van der Waals surface area contributed by atoms with Gasteiger partial charge in [0.05, 0.1) is 25.6 Å². The molecule has 7 heteroatoms. The minimum Gasteiger partial charge on any atom is -0.468 e. The second-order valence-electron chi connectivity index (χ2n) is 6.75. The van der Waals surface area contributed by atoms with Crippen LogP contribution in [0.4, 0.5) is 5.69 Å². The lowest BCUT2D eigenvalue weighted by Crippen LogP contribution is -2.14. The SMILES string of the molecule is C=C(/C=C\CC)OCOCCC(=O)Nc1ccc2[nH]c(C(C)C(=O)OCC)cc2c1. The van der Waals surface area contributed by atoms with Gasteiger partial charge in [0.15, 0.2) is 6.79 Å². The lowest BCUT2D eigenvalue weighted by Gasteiger charge is -2.08. The lowest BCUT2D eigenvalue weighted by atomic mass is 10.1. The largest absolute Gasteiger partial charge is 0.468 e. The number of hydrogen-bond acceptors (Lipinski definition) is 5. The number of esters is 1. The van der Waals surface area contributed by atoms with Crippen LogP contribution in [0.3, 0.4) is 0 Å². The molecule has 0 spiro atoms. The van der Waals surface area contributed by atoms with Gasteiger partial charge in [-0.05, 0) is 50.6 Å². The fourth-order valence-corrected chi connectivity index (χ4v) is 2.72. The summed E-state index contributed by atoms with van der Waals surface area (Å²) in [6, 6.07) is 7.43. The predicted octanol–water partition coefficient (Wildman–Crippen LogP) is 4.63. The van der Waals surface area contributed by atoms with E-state index < -0.39 is 0 Å². The Bertz CT molecular complexity index is 900. The highest BCUT2D eigenvalue weighted by Gasteiger charge is 2.18. The van der Waals surface area contributed by atoms with E-state index in [1.54, 1.807) is 19.9 Å². The Kier molecular flexibility index (Phi) is 9.15. The Balaban J connectivity index is 1.82. The number of ether oxygens (including phenoxy) is 3. The van der Waals surface area contributed by atoms with Crippen LogP contribution >= 0.6 is 0 Å². The molecule has 2 aromatic rings. The monoisotopic (exact) mass is 414 g/mol. The van der Waals surface area contributed by atoms with Gasteiger partial charge in [-0.15, -0.1) is 0 Å². The van der Waals surface area contributed by atoms with Gasteiger partial charge in [0.25, 0.3) is 0 Å². The van der Waals surface area contributed by atoms with Crippen molar-refractivity contribution in [2.24, 2.45) is 0 Å². The van der Waals surface area contributed by atoms with Crippen LogP contribution in [0, 0.1) is 0 Å². The summed E-state index contributed by atoms with van der Waals surface area (Å²) in [5, 5.41) is 3.75. The number of carbonyl (C=O) groups is 2. The average Bonchev–Trinajstić information content (AvgIpc) is 3.14. The first-order valence-electron chi connectivity index (χ1n) is 10.1. The molecule has 1 atom stereocenters. The average molecular weight is 415 g/mol. The van der Waals surface area contributed by atoms with Crippen LogP contribution in [0.2, 0.25) is 0 Å². The number of carbonyl (C=O) groups excluding carboxylic acids is 2. The summed E-state index contributed by atoms with van der Waals surface area (Å²) in [6.07, 6.45) is 4.84. The molecule has 1 heterocycles. The van der Waals surface area contributed by atoms with Gasteiger partial charge in [-0.2, -0.15) is 0 Å². The fourth-order valence-electron chi connectivity index (χ4n) is 2.72. The van der Waals surface area contributed by atoms with E-state index in [4.69, 9.17) is 14.2 Å². The third-order valence-electron chi connectivity index (χ3n) is 4.37. The van der Waals surface area contributed by atoms with Gasteiger partial charge in [0.1, 0.15) is 5.76 Å². The second-order valence-corrected chi connectivity index (χ2v) is 6.75. The summed E-state index contributed by atoms with van der Waals surface area (Å²) >= 11 is 0. The lowest BCUT2D eigenvalue weighted by molar-refractivity contribution is -0.144. The van der Waals surface area contributed by atoms with Crippen LogP contribution < -0.4 is 5.32 Å². The third kappa shape index (κ3) is 7.08. The maximum absolute atomic E-state index is 12.1. The van der Waals surface area contributed by atoms with Crippen molar-refractivity contribution in [1.82, 2.24) is 4.98 Å². The molecule has 1 aromatic heterocycles. The van der Waals surface area contributed by atoms with Crippen LogP contribution in [-0.2, 0) is 23.8 Å². The van der Waals surface area contributed by atoms with Crippen molar-refractivity contribution >= 4 is 28.5 Å². The molecule has 0 radical (unpaired) electrons. The zero-order valence-corrected chi connectivity index (χ0v) is 17.8. The molecule has 0 aliphatic rings. The number of aromatic amines is 1. The van der Waals surface area contributed by atoms with Crippen molar-refractivity contribution in [3.8, 4) is 0 Å². The summed E-state index contributed by atoms with van der Waals surface area (Å²) in [5.41, 5.74) is 2.34. The maximum atomic E-state index is 12.1. The first-order valence-corrected chi connectivity index (χ1v) is 10.1. The quantitative estimate of drug-likeness (QED) is 0.174. The molecule has 7 nitrogen and oxygen atoms in total. The van der Waals surface area contributed by atoms with E-state index in [1.807, 2.05) is 37.3 Å². The summed E-state index contributed by atoms with van der Waals surface area (Å²) in [6.45, 7) is 9.98. The maximum Gasteiger partial charge on any atom is 0.314 e. The van der Waals surface area contributed by atoms with E-state index in [9.17, 15) is 9.59 Å². The van der Waals surface area contributed by atoms with Crippen molar-refractivity contribution in [2.75, 3.05) is 25.3 Å². The van der Waals surface area contributed by atoms with Gasteiger partial charge in [0.2, 0.25) is 5.91 Å². The van der Waals surface area contributed by atoms with Crippen LogP contribution in [0.1, 0.15) is 45.2 Å². The van der Waals surface area contributed by atoms with Crippen LogP contribution in [0.5, 0.6) is 0 Å². The van der Waals surface area contributed by atoms with E-state index in [-0.39, 0.29) is 37.6 Å². The molecule has 0 saturated heterocycles. The number of aromatic nitrogens is 1. The number of rotatable bonds is 12. The molecule has 0 aliphatic carbocycles. The second kappa shape index (κ2) is 11.8. The first-order chi connectivity index (χ1) is 14.4. The number of fused-ring (bicyclic) bond motifs is 1. The molecule has 30 heavy (non-hydrogen) atoms. The summed E-state index contributed by atoms with van der Waals surface area (Å²) in [5.74, 6) is -0.290. The molecule has 0 bridgehead atoms. The van der Waals surface area contributed by atoms with Gasteiger partial charge in [0, 0.05) is 22.3 Å². The molecule has 2 N–H and O–H groups in total. The Morgan fingerprint density at radius 2 is 2.03 bits per heavy atom. The smallest absolute Gasteiger partial charge is 0.314 e. The molecule has 1 unspecified atom stereocenters. The number of nitrogens with one attached hydrogen (secondary N) is 2. The van der Waals surface area contributed by atoms with Gasteiger partial charge < -0.3 is 24.5 Å². The van der Waals surface area contributed by atoms with Gasteiger partial charge >= 0.3 is 5.97 Å². The molecule has 1 amide bonds. The van der Waals surface area contributed by atoms with Gasteiger partial charge in [-0.3, -0.25) is 9.59 Å². The summed E-state index contributed by atoms with van der Waals surface area (Å²) in [4.78, 5) is 27.3. The number of allylic oxidation sites excluding steroid dienone is 2. The number of H-pyrrole nitrogens is 1. The van der Waals surface area contributed by atoms with E-state index in [0.29, 0.717) is 18.1 Å². The van der Waals surface area contributed by atoms with Crippen molar-refractivity contribution in [1.29, 1.82) is 0 Å². The van der Waals surface area contributed by atoms with Gasteiger partial charge in [-0.1, -0.05) is 19.6 Å². The zero-order chi connectivity index (χ0) is 21.9. The van der Waals surface area contributed by atoms with E-state index >= 15 is 0 Å².